The zero-order valence-corrected chi connectivity index (χ0v) is 13.2. The van der Waals surface area contributed by atoms with E-state index in [0.717, 1.165) is 4.90 Å². The van der Waals surface area contributed by atoms with Gasteiger partial charge in [0, 0.05) is 0 Å². The Labute approximate surface area is 138 Å². The third kappa shape index (κ3) is 2.00. The van der Waals surface area contributed by atoms with Crippen molar-refractivity contribution in [1.82, 2.24) is 10.2 Å². The first-order valence-corrected chi connectivity index (χ1v) is 7.69. The van der Waals surface area contributed by atoms with Crippen molar-refractivity contribution in [3.63, 3.8) is 0 Å². The predicted octanol–water partition coefficient (Wildman–Crippen LogP) is 3.15. The molecule has 1 aromatic heterocycles. The second kappa shape index (κ2) is 5.19. The van der Waals surface area contributed by atoms with Crippen molar-refractivity contribution in [3.05, 3.63) is 53.6 Å². The van der Waals surface area contributed by atoms with Crippen molar-refractivity contribution in [3.8, 4) is 5.75 Å². The number of amides is 2. The minimum Gasteiger partial charge on any atom is -0.490 e. The van der Waals surface area contributed by atoms with Crippen LogP contribution in [0.5, 0.6) is 5.75 Å². The molecule has 0 bridgehead atoms. The summed E-state index contributed by atoms with van der Waals surface area (Å²) in [6.07, 6.45) is -0.0412. The van der Waals surface area contributed by atoms with E-state index in [-0.39, 0.29) is 23.7 Å². The zero-order valence-electron chi connectivity index (χ0n) is 13.2. The normalized spacial score (nSPS) is 13.9. The van der Waals surface area contributed by atoms with Gasteiger partial charge in [-0.05, 0) is 38.1 Å². The monoisotopic (exact) mass is 321 g/mol. The number of benzene rings is 2. The lowest BCUT2D eigenvalue weighted by atomic mass is 10.1. The van der Waals surface area contributed by atoms with Crippen molar-refractivity contribution in [2.24, 2.45) is 0 Å². The maximum Gasteiger partial charge on any atom is 0.267 e. The SMILES string of the molecule is CC(C)Oc1cccc2[nH]nc(N3C(=O)c4ccccc4C3=O)c12. The molecule has 0 fully saturated rings. The quantitative estimate of drug-likeness (QED) is 0.752. The van der Waals surface area contributed by atoms with E-state index in [9.17, 15) is 9.59 Å². The molecule has 6 nitrogen and oxygen atoms in total. The highest BCUT2D eigenvalue weighted by atomic mass is 16.5. The molecule has 0 saturated carbocycles. The number of fused-ring (bicyclic) bond motifs is 2. The minimum atomic E-state index is -0.372. The van der Waals surface area contributed by atoms with Crippen molar-refractivity contribution in [1.29, 1.82) is 0 Å². The Balaban J connectivity index is 1.89. The van der Waals surface area contributed by atoms with Gasteiger partial charge in [0.05, 0.1) is 28.1 Å². The molecule has 1 aliphatic rings. The number of nitrogens with one attached hydrogen (secondary N) is 1. The average Bonchev–Trinajstić information content (AvgIpc) is 3.08. The van der Waals surface area contributed by atoms with Gasteiger partial charge in [-0.25, -0.2) is 4.90 Å². The number of hydrogen-bond acceptors (Lipinski definition) is 4. The molecule has 0 radical (unpaired) electrons. The summed E-state index contributed by atoms with van der Waals surface area (Å²) in [6, 6.07) is 12.2. The maximum absolute atomic E-state index is 12.7. The van der Waals surface area contributed by atoms with E-state index in [4.69, 9.17) is 4.74 Å². The summed E-state index contributed by atoms with van der Waals surface area (Å²) in [5, 5.41) is 7.70. The molecule has 1 aliphatic heterocycles. The van der Waals surface area contributed by atoms with Gasteiger partial charge in [0.25, 0.3) is 11.8 Å². The fourth-order valence-electron chi connectivity index (χ4n) is 2.92. The number of aromatic nitrogens is 2. The van der Waals surface area contributed by atoms with Crippen molar-refractivity contribution in [2.75, 3.05) is 4.90 Å². The fraction of sp³-hybridized carbons (Fsp3) is 0.167. The summed E-state index contributed by atoms with van der Waals surface area (Å²) in [4.78, 5) is 26.5. The summed E-state index contributed by atoms with van der Waals surface area (Å²) in [5.41, 5.74) is 1.49. The number of hydrogen-bond donors (Lipinski definition) is 1. The van der Waals surface area contributed by atoms with Crippen LogP contribution in [0.2, 0.25) is 0 Å². The van der Waals surface area contributed by atoms with E-state index < -0.39 is 0 Å². The maximum atomic E-state index is 12.7. The van der Waals surface area contributed by atoms with Crippen LogP contribution in [0.4, 0.5) is 5.82 Å². The molecule has 1 N–H and O–H groups in total. The summed E-state index contributed by atoms with van der Waals surface area (Å²) in [6.45, 7) is 3.83. The number of imide groups is 1. The first-order valence-electron chi connectivity index (χ1n) is 7.69. The van der Waals surface area contributed by atoms with Gasteiger partial charge in [0.15, 0.2) is 5.82 Å². The number of rotatable bonds is 3. The number of nitrogens with zero attached hydrogens (tertiary/aromatic N) is 2. The molecule has 0 unspecified atom stereocenters. The molecule has 2 amide bonds. The van der Waals surface area contributed by atoms with Crippen molar-refractivity contribution in [2.45, 2.75) is 20.0 Å². The molecule has 2 aromatic carbocycles. The van der Waals surface area contributed by atoms with E-state index in [1.54, 1.807) is 30.3 Å². The number of H-pyrrole nitrogens is 1. The standard InChI is InChI=1S/C18H15N3O3/c1-10(2)24-14-9-5-8-13-15(14)16(20-19-13)21-17(22)11-6-3-4-7-12(11)18(21)23/h3-10H,1-2H3,(H,19,20). The van der Waals surface area contributed by atoms with Gasteiger partial charge in [-0.15, -0.1) is 0 Å². The Morgan fingerprint density at radius 1 is 1.00 bits per heavy atom. The van der Waals surface area contributed by atoms with Crippen LogP contribution in [0.1, 0.15) is 34.6 Å². The third-order valence-electron chi connectivity index (χ3n) is 3.90. The topological polar surface area (TPSA) is 75.3 Å². The van der Waals surface area contributed by atoms with Gasteiger partial charge >= 0.3 is 0 Å². The average molecular weight is 321 g/mol. The molecule has 4 rings (SSSR count). The Bertz CT molecular complexity index is 940. The molecular weight excluding hydrogens is 306 g/mol. The van der Waals surface area contributed by atoms with E-state index in [1.165, 1.54) is 0 Å². The van der Waals surface area contributed by atoms with Crippen LogP contribution >= 0.6 is 0 Å². The number of ether oxygens (including phenoxy) is 1. The predicted molar refractivity (Wildman–Crippen MR) is 89.4 cm³/mol. The van der Waals surface area contributed by atoms with Gasteiger partial charge in [-0.3, -0.25) is 14.7 Å². The third-order valence-corrected chi connectivity index (χ3v) is 3.90. The summed E-state index contributed by atoms with van der Waals surface area (Å²) in [5.74, 6) is 0.113. The molecule has 3 aromatic rings. The van der Waals surface area contributed by atoms with E-state index in [2.05, 4.69) is 10.2 Å². The molecule has 0 spiro atoms. The second-order valence-electron chi connectivity index (χ2n) is 5.88. The summed E-state index contributed by atoms with van der Waals surface area (Å²) in [7, 11) is 0. The van der Waals surface area contributed by atoms with Gasteiger partial charge < -0.3 is 4.74 Å². The largest absolute Gasteiger partial charge is 0.490 e. The Morgan fingerprint density at radius 3 is 2.29 bits per heavy atom. The molecule has 2 heterocycles. The van der Waals surface area contributed by atoms with E-state index >= 15 is 0 Å². The van der Waals surface area contributed by atoms with Gasteiger partial charge in [-0.1, -0.05) is 18.2 Å². The Kier molecular flexibility index (Phi) is 3.13. The summed E-state index contributed by atoms with van der Waals surface area (Å²) >= 11 is 0. The van der Waals surface area contributed by atoms with Gasteiger partial charge in [0.2, 0.25) is 0 Å². The van der Waals surface area contributed by atoms with E-state index in [1.807, 2.05) is 26.0 Å². The van der Waals surface area contributed by atoms with Gasteiger partial charge in [-0.2, -0.15) is 5.10 Å². The first-order chi connectivity index (χ1) is 11.6. The molecule has 0 aliphatic carbocycles. The molecule has 120 valence electrons. The van der Waals surface area contributed by atoms with Crippen LogP contribution < -0.4 is 9.64 Å². The lowest BCUT2D eigenvalue weighted by molar-refractivity contribution is 0.0925. The summed E-state index contributed by atoms with van der Waals surface area (Å²) < 4.78 is 5.82. The zero-order chi connectivity index (χ0) is 16.8. The molecule has 0 saturated heterocycles. The van der Waals surface area contributed by atoms with Crippen LogP contribution in [0.25, 0.3) is 10.9 Å². The molecule has 24 heavy (non-hydrogen) atoms. The molecule has 0 atom stereocenters. The highest BCUT2D eigenvalue weighted by Crippen LogP contribution is 2.37. The van der Waals surface area contributed by atoms with Crippen molar-refractivity contribution < 1.29 is 14.3 Å². The lowest BCUT2D eigenvalue weighted by Crippen LogP contribution is -2.30. The van der Waals surface area contributed by atoms with Crippen LogP contribution in [-0.4, -0.2) is 28.1 Å². The van der Waals surface area contributed by atoms with Crippen molar-refractivity contribution >= 4 is 28.5 Å². The fourth-order valence-corrected chi connectivity index (χ4v) is 2.92. The highest BCUT2D eigenvalue weighted by Gasteiger charge is 2.39. The van der Waals surface area contributed by atoms with Gasteiger partial charge in [0.1, 0.15) is 5.75 Å². The lowest BCUT2D eigenvalue weighted by Gasteiger charge is -2.14. The number of carbonyl (C=O) groups is 2. The van der Waals surface area contributed by atoms with Crippen LogP contribution in [0.3, 0.4) is 0 Å². The van der Waals surface area contributed by atoms with Crippen LogP contribution in [0.15, 0.2) is 42.5 Å². The highest BCUT2D eigenvalue weighted by molar-refractivity contribution is 6.35. The first kappa shape index (κ1) is 14.4. The smallest absolute Gasteiger partial charge is 0.267 e. The Morgan fingerprint density at radius 2 is 1.67 bits per heavy atom. The molecular formula is C18H15N3O3. The van der Waals surface area contributed by atoms with Crippen LogP contribution in [-0.2, 0) is 0 Å². The second-order valence-corrected chi connectivity index (χ2v) is 5.88. The Hall–Kier alpha value is -3.15. The van der Waals surface area contributed by atoms with E-state index in [0.29, 0.717) is 27.8 Å². The number of carbonyl (C=O) groups excluding carboxylic acids is 2. The minimum absolute atomic E-state index is 0.0412. The number of aromatic amines is 1. The number of anilines is 1. The van der Waals surface area contributed by atoms with Crippen LogP contribution in [0, 0.1) is 0 Å². The molecule has 6 heteroatoms.